The van der Waals surface area contributed by atoms with Gasteiger partial charge in [0.15, 0.2) is 0 Å². The standard InChI is InChI=1S/C16H20N8OS/c25-15(3-6-24-11-19-20-21-24)22-5-1-2-13(8-22)16-17-4-7-23(16)9-14-10-26-12-18-14/h4,7,10-13H,1-3,5-6,8-9H2/t13-/m1/s1. The lowest BCUT2D eigenvalue weighted by atomic mass is 9.96. The van der Waals surface area contributed by atoms with Crippen LogP contribution in [0.1, 0.15) is 36.7 Å². The first-order valence-corrected chi connectivity index (χ1v) is 9.60. The van der Waals surface area contributed by atoms with Crippen molar-refractivity contribution in [2.75, 3.05) is 13.1 Å². The van der Waals surface area contributed by atoms with Gasteiger partial charge in [-0.15, -0.1) is 16.4 Å². The molecule has 10 heteroatoms. The molecule has 4 heterocycles. The van der Waals surface area contributed by atoms with Crippen molar-refractivity contribution < 1.29 is 4.79 Å². The maximum absolute atomic E-state index is 12.6. The first-order valence-electron chi connectivity index (χ1n) is 8.66. The van der Waals surface area contributed by atoms with Crippen molar-refractivity contribution >= 4 is 17.2 Å². The fourth-order valence-electron chi connectivity index (χ4n) is 3.37. The van der Waals surface area contributed by atoms with Gasteiger partial charge < -0.3 is 9.47 Å². The van der Waals surface area contributed by atoms with Crippen molar-refractivity contribution in [1.82, 2.24) is 39.6 Å². The largest absolute Gasteiger partial charge is 0.342 e. The summed E-state index contributed by atoms with van der Waals surface area (Å²) < 4.78 is 3.73. The Hall–Kier alpha value is -2.62. The number of hydrogen-bond acceptors (Lipinski definition) is 7. The quantitative estimate of drug-likeness (QED) is 0.645. The van der Waals surface area contributed by atoms with Gasteiger partial charge in [-0.2, -0.15) is 0 Å². The van der Waals surface area contributed by atoms with Crippen molar-refractivity contribution in [2.45, 2.75) is 38.3 Å². The number of piperidine rings is 1. The summed E-state index contributed by atoms with van der Waals surface area (Å²) in [6, 6.07) is 0. The van der Waals surface area contributed by atoms with E-state index in [0.717, 1.165) is 37.4 Å². The van der Waals surface area contributed by atoms with Gasteiger partial charge in [0.05, 0.1) is 24.3 Å². The zero-order valence-electron chi connectivity index (χ0n) is 14.3. The molecule has 9 nitrogen and oxygen atoms in total. The highest BCUT2D eigenvalue weighted by molar-refractivity contribution is 7.07. The van der Waals surface area contributed by atoms with Gasteiger partial charge in [-0.25, -0.2) is 14.6 Å². The van der Waals surface area contributed by atoms with Crippen molar-refractivity contribution in [3.8, 4) is 0 Å². The van der Waals surface area contributed by atoms with Crippen LogP contribution in [0.15, 0.2) is 29.6 Å². The molecule has 1 fully saturated rings. The molecule has 1 aliphatic heterocycles. The van der Waals surface area contributed by atoms with Crippen LogP contribution in [-0.4, -0.2) is 58.6 Å². The second kappa shape index (κ2) is 7.73. The number of imidazole rings is 1. The molecular formula is C16H20N8OS. The Kier molecular flexibility index (Phi) is 5.00. The molecule has 0 N–H and O–H groups in total. The minimum absolute atomic E-state index is 0.141. The third-order valence-corrected chi connectivity index (χ3v) is 5.28. The summed E-state index contributed by atoms with van der Waals surface area (Å²) in [5.74, 6) is 1.44. The van der Waals surface area contributed by atoms with E-state index in [1.165, 1.54) is 6.33 Å². The summed E-state index contributed by atoms with van der Waals surface area (Å²) in [5, 5.41) is 13.0. The van der Waals surface area contributed by atoms with E-state index < -0.39 is 0 Å². The topological polar surface area (TPSA) is 94.6 Å². The summed E-state index contributed by atoms with van der Waals surface area (Å²) in [5.41, 5.74) is 2.89. The highest BCUT2D eigenvalue weighted by atomic mass is 32.1. The van der Waals surface area contributed by atoms with Gasteiger partial charge in [-0.3, -0.25) is 4.79 Å². The van der Waals surface area contributed by atoms with Crippen LogP contribution in [0.4, 0.5) is 0 Å². The van der Waals surface area contributed by atoms with Gasteiger partial charge >= 0.3 is 0 Å². The maximum atomic E-state index is 12.6. The average molecular weight is 372 g/mol. The van der Waals surface area contributed by atoms with Crippen LogP contribution in [0.5, 0.6) is 0 Å². The van der Waals surface area contributed by atoms with E-state index >= 15 is 0 Å². The molecule has 0 aromatic carbocycles. The molecule has 0 bridgehead atoms. The first-order chi connectivity index (χ1) is 12.8. The predicted octanol–water partition coefficient (Wildman–Crippen LogP) is 1.17. The molecule has 0 radical (unpaired) electrons. The lowest BCUT2D eigenvalue weighted by molar-refractivity contribution is -0.132. The number of aryl methyl sites for hydroxylation is 1. The molecule has 1 saturated heterocycles. The summed E-state index contributed by atoms with van der Waals surface area (Å²) in [7, 11) is 0. The van der Waals surface area contributed by atoms with Crippen LogP contribution in [0.3, 0.4) is 0 Å². The van der Waals surface area contributed by atoms with E-state index in [2.05, 4.69) is 35.4 Å². The van der Waals surface area contributed by atoms with Crippen LogP contribution in [0.25, 0.3) is 0 Å². The fourth-order valence-corrected chi connectivity index (χ4v) is 3.92. The summed E-state index contributed by atoms with van der Waals surface area (Å²) in [4.78, 5) is 23.4. The molecule has 136 valence electrons. The second-order valence-corrected chi connectivity index (χ2v) is 7.11. The Labute approximate surface area is 154 Å². The molecule has 26 heavy (non-hydrogen) atoms. The molecule has 1 amide bonds. The smallest absolute Gasteiger partial charge is 0.224 e. The zero-order chi connectivity index (χ0) is 17.8. The third kappa shape index (κ3) is 3.79. The Morgan fingerprint density at radius 2 is 2.31 bits per heavy atom. The van der Waals surface area contributed by atoms with E-state index in [4.69, 9.17) is 0 Å². The van der Waals surface area contributed by atoms with E-state index in [1.807, 2.05) is 22.8 Å². The van der Waals surface area contributed by atoms with Crippen molar-refractivity contribution in [2.24, 2.45) is 0 Å². The summed E-state index contributed by atoms with van der Waals surface area (Å²) >= 11 is 1.60. The van der Waals surface area contributed by atoms with Crippen LogP contribution in [-0.2, 0) is 17.9 Å². The Morgan fingerprint density at radius 3 is 3.12 bits per heavy atom. The third-order valence-electron chi connectivity index (χ3n) is 4.65. The van der Waals surface area contributed by atoms with Crippen LogP contribution >= 0.6 is 11.3 Å². The highest BCUT2D eigenvalue weighted by Gasteiger charge is 2.27. The molecule has 1 atom stereocenters. The number of rotatable bonds is 6. The van der Waals surface area contributed by atoms with E-state index in [-0.39, 0.29) is 11.8 Å². The molecule has 4 rings (SSSR count). The molecule has 3 aromatic rings. The Morgan fingerprint density at radius 1 is 1.35 bits per heavy atom. The average Bonchev–Trinajstić information content (AvgIpc) is 3.43. The number of amides is 1. The van der Waals surface area contributed by atoms with Crippen molar-refractivity contribution in [3.05, 3.63) is 41.1 Å². The number of tetrazole rings is 1. The summed E-state index contributed by atoms with van der Waals surface area (Å²) in [6.07, 6.45) is 7.80. The number of carbonyl (C=O) groups excluding carboxylic acids is 1. The number of thiazole rings is 1. The SMILES string of the molecule is O=C(CCn1cnnn1)N1CCC[C@@H](c2nccn2Cc2cscn2)C1. The minimum atomic E-state index is 0.141. The lowest BCUT2D eigenvalue weighted by Crippen LogP contribution is -2.40. The molecule has 0 unspecified atom stereocenters. The van der Waals surface area contributed by atoms with Gasteiger partial charge in [0, 0.05) is 43.2 Å². The van der Waals surface area contributed by atoms with Crippen LogP contribution < -0.4 is 0 Å². The molecule has 0 saturated carbocycles. The first kappa shape index (κ1) is 16.8. The number of likely N-dealkylation sites (tertiary alicyclic amines) is 1. The molecule has 0 aliphatic carbocycles. The number of hydrogen-bond donors (Lipinski definition) is 0. The van der Waals surface area contributed by atoms with Gasteiger partial charge in [0.2, 0.25) is 5.91 Å². The number of nitrogens with zero attached hydrogens (tertiary/aromatic N) is 8. The summed E-state index contributed by atoms with van der Waals surface area (Å²) in [6.45, 7) is 2.74. The van der Waals surface area contributed by atoms with Crippen molar-refractivity contribution in [3.63, 3.8) is 0 Å². The molecule has 3 aromatic heterocycles. The Balaban J connectivity index is 1.39. The molecule has 0 spiro atoms. The van der Waals surface area contributed by atoms with Crippen LogP contribution in [0, 0.1) is 0 Å². The minimum Gasteiger partial charge on any atom is -0.342 e. The van der Waals surface area contributed by atoms with Gasteiger partial charge in [0.25, 0.3) is 0 Å². The maximum Gasteiger partial charge on any atom is 0.224 e. The second-order valence-electron chi connectivity index (χ2n) is 6.39. The number of carbonyl (C=O) groups is 1. The van der Waals surface area contributed by atoms with Gasteiger partial charge in [-0.1, -0.05) is 0 Å². The van der Waals surface area contributed by atoms with E-state index in [0.29, 0.717) is 19.5 Å². The fraction of sp³-hybridized carbons (Fsp3) is 0.500. The highest BCUT2D eigenvalue weighted by Crippen LogP contribution is 2.26. The lowest BCUT2D eigenvalue weighted by Gasteiger charge is -2.32. The normalized spacial score (nSPS) is 17.5. The van der Waals surface area contributed by atoms with Gasteiger partial charge in [-0.05, 0) is 23.3 Å². The Bertz CT molecular complexity index is 828. The van der Waals surface area contributed by atoms with E-state index in [1.54, 1.807) is 16.0 Å². The van der Waals surface area contributed by atoms with Crippen molar-refractivity contribution in [1.29, 1.82) is 0 Å². The molecule has 1 aliphatic rings. The zero-order valence-corrected chi connectivity index (χ0v) is 15.1. The van der Waals surface area contributed by atoms with Crippen LogP contribution in [0.2, 0.25) is 0 Å². The van der Waals surface area contributed by atoms with E-state index in [9.17, 15) is 4.79 Å². The molecular weight excluding hydrogens is 352 g/mol. The number of aromatic nitrogens is 7. The monoisotopic (exact) mass is 372 g/mol. The van der Waals surface area contributed by atoms with Gasteiger partial charge in [0.1, 0.15) is 12.2 Å². The predicted molar refractivity (Wildman–Crippen MR) is 94.4 cm³/mol.